The van der Waals surface area contributed by atoms with Gasteiger partial charge in [-0.3, -0.25) is 14.8 Å². The van der Waals surface area contributed by atoms with Crippen molar-refractivity contribution in [1.82, 2.24) is 20.6 Å². The fraction of sp³-hybridized carbons (Fsp3) is 0.176. The molecule has 0 bridgehead atoms. The lowest BCUT2D eigenvalue weighted by Crippen LogP contribution is -2.35. The predicted octanol–water partition coefficient (Wildman–Crippen LogP) is 6.70. The molecule has 0 aliphatic carbocycles. The monoisotopic (exact) mass is 641 g/mol. The largest absolute Gasteiger partial charge is 0.453 e. The normalized spacial score (nSPS) is 10.5. The van der Waals surface area contributed by atoms with Gasteiger partial charge in [-0.1, -0.05) is 37.6 Å². The number of methoxy groups -OCH3 is 1. The SMILES string of the molecule is C.C#Cc1ccccc1CC(=O)NC(=S)Nc1ccc(Oc2ccnc3cc(-c4ccc(CNCCOC)cn4)sc23)c(F)c1. The number of thiocarbonyl (C=S) groups is 1. The highest BCUT2D eigenvalue weighted by molar-refractivity contribution is 7.80. The number of amides is 1. The summed E-state index contributed by atoms with van der Waals surface area (Å²) in [4.78, 5) is 22.4. The average Bonchev–Trinajstić information content (AvgIpc) is 3.46. The molecule has 2 aromatic carbocycles. The first-order valence-electron chi connectivity index (χ1n) is 13.6. The zero-order valence-electron chi connectivity index (χ0n) is 23.7. The molecular weight excluding hydrogens is 610 g/mol. The molecule has 5 rings (SSSR count). The summed E-state index contributed by atoms with van der Waals surface area (Å²) in [5.74, 6) is 2.11. The van der Waals surface area contributed by atoms with E-state index in [1.54, 1.807) is 37.6 Å². The van der Waals surface area contributed by atoms with Gasteiger partial charge in [-0.05, 0) is 53.7 Å². The van der Waals surface area contributed by atoms with Gasteiger partial charge in [0, 0.05) is 56.0 Å². The van der Waals surface area contributed by atoms with E-state index in [1.807, 2.05) is 36.5 Å². The van der Waals surface area contributed by atoms with E-state index in [4.69, 9.17) is 28.1 Å². The molecule has 0 spiro atoms. The highest BCUT2D eigenvalue weighted by atomic mass is 32.1. The number of aromatic nitrogens is 2. The summed E-state index contributed by atoms with van der Waals surface area (Å²) in [5.41, 5.74) is 4.30. The third-order valence-corrected chi connectivity index (χ3v) is 7.82. The fourth-order valence-electron chi connectivity index (χ4n) is 4.30. The third kappa shape index (κ3) is 8.68. The second-order valence-electron chi connectivity index (χ2n) is 9.58. The van der Waals surface area contributed by atoms with Gasteiger partial charge >= 0.3 is 0 Å². The number of halogens is 1. The maximum Gasteiger partial charge on any atom is 0.230 e. The Morgan fingerprint density at radius 3 is 2.69 bits per heavy atom. The molecule has 3 aromatic heterocycles. The lowest BCUT2D eigenvalue weighted by Gasteiger charge is -2.12. The number of benzene rings is 2. The van der Waals surface area contributed by atoms with Crippen molar-refractivity contribution in [2.75, 3.05) is 25.6 Å². The molecule has 0 aliphatic heterocycles. The summed E-state index contributed by atoms with van der Waals surface area (Å²) in [6, 6.07) is 19.1. The van der Waals surface area contributed by atoms with Crippen LogP contribution in [0.15, 0.2) is 79.1 Å². The molecule has 5 aromatic rings. The highest BCUT2D eigenvalue weighted by Crippen LogP contribution is 2.39. The van der Waals surface area contributed by atoms with Crippen LogP contribution in [-0.2, 0) is 22.5 Å². The zero-order chi connectivity index (χ0) is 30.9. The van der Waals surface area contributed by atoms with E-state index >= 15 is 4.39 Å². The van der Waals surface area contributed by atoms with Crippen molar-refractivity contribution in [3.05, 3.63) is 102 Å². The van der Waals surface area contributed by atoms with Gasteiger partial charge in [-0.15, -0.1) is 17.8 Å². The van der Waals surface area contributed by atoms with Gasteiger partial charge in [0.25, 0.3) is 0 Å². The number of carbonyl (C=O) groups excluding carboxylic acids is 1. The van der Waals surface area contributed by atoms with Crippen molar-refractivity contribution in [1.29, 1.82) is 0 Å². The molecular formula is C34H32FN5O3S2. The number of carbonyl (C=O) groups is 1. The molecule has 1 amide bonds. The number of pyridine rings is 2. The first kappa shape index (κ1) is 33.2. The molecule has 0 fully saturated rings. The molecule has 8 nitrogen and oxygen atoms in total. The topological polar surface area (TPSA) is 97.4 Å². The minimum absolute atomic E-state index is 0. The van der Waals surface area contributed by atoms with Crippen LogP contribution in [0.1, 0.15) is 24.1 Å². The van der Waals surface area contributed by atoms with Gasteiger partial charge in [-0.25, -0.2) is 4.39 Å². The van der Waals surface area contributed by atoms with Gasteiger partial charge < -0.3 is 25.4 Å². The molecule has 3 heterocycles. The summed E-state index contributed by atoms with van der Waals surface area (Å²) in [7, 11) is 1.67. The molecule has 11 heteroatoms. The number of hydrogen-bond acceptors (Lipinski definition) is 8. The number of thiophene rings is 1. The molecule has 0 saturated heterocycles. The number of ether oxygens (including phenoxy) is 2. The van der Waals surface area contributed by atoms with Gasteiger partial charge in [0.2, 0.25) is 5.91 Å². The van der Waals surface area contributed by atoms with Crippen LogP contribution in [0.2, 0.25) is 0 Å². The number of nitrogens with one attached hydrogen (secondary N) is 3. The minimum Gasteiger partial charge on any atom is -0.453 e. The third-order valence-electron chi connectivity index (χ3n) is 6.45. The van der Waals surface area contributed by atoms with E-state index in [0.717, 1.165) is 32.9 Å². The van der Waals surface area contributed by atoms with Crippen LogP contribution in [-0.4, -0.2) is 41.2 Å². The Kier molecular flexibility index (Phi) is 11.7. The molecule has 230 valence electrons. The van der Waals surface area contributed by atoms with Crippen molar-refractivity contribution < 1.29 is 18.7 Å². The van der Waals surface area contributed by atoms with Gasteiger partial charge in [0.1, 0.15) is 5.75 Å². The molecule has 0 aliphatic rings. The average molecular weight is 642 g/mol. The number of terminal acetylenes is 1. The summed E-state index contributed by atoms with van der Waals surface area (Å²) in [6.07, 6.45) is 9.02. The molecule has 0 unspecified atom stereocenters. The van der Waals surface area contributed by atoms with E-state index in [0.29, 0.717) is 35.7 Å². The molecule has 0 atom stereocenters. The number of nitrogens with zero attached hydrogens (tertiary/aromatic N) is 2. The van der Waals surface area contributed by atoms with Gasteiger partial charge in [0.15, 0.2) is 16.7 Å². The van der Waals surface area contributed by atoms with E-state index in [9.17, 15) is 4.79 Å². The van der Waals surface area contributed by atoms with Crippen molar-refractivity contribution in [3.63, 3.8) is 0 Å². The van der Waals surface area contributed by atoms with Crippen molar-refractivity contribution in [3.8, 4) is 34.4 Å². The Hall–Kier alpha value is -4.73. The van der Waals surface area contributed by atoms with Crippen LogP contribution in [0.4, 0.5) is 10.1 Å². The van der Waals surface area contributed by atoms with E-state index in [2.05, 4.69) is 31.8 Å². The zero-order valence-corrected chi connectivity index (χ0v) is 25.4. The van der Waals surface area contributed by atoms with E-state index in [1.165, 1.54) is 23.5 Å². The van der Waals surface area contributed by atoms with Crippen LogP contribution in [0.5, 0.6) is 11.5 Å². The lowest BCUT2D eigenvalue weighted by atomic mass is 10.1. The molecule has 0 saturated carbocycles. The van der Waals surface area contributed by atoms with Gasteiger partial charge in [-0.2, -0.15) is 0 Å². The maximum absolute atomic E-state index is 15.1. The first-order valence-corrected chi connectivity index (χ1v) is 14.8. The van der Waals surface area contributed by atoms with Crippen molar-refractivity contribution in [2.45, 2.75) is 20.4 Å². The number of hydrogen-bond donors (Lipinski definition) is 3. The van der Waals surface area contributed by atoms with Crippen LogP contribution in [0, 0.1) is 18.2 Å². The second kappa shape index (κ2) is 15.8. The van der Waals surface area contributed by atoms with E-state index in [-0.39, 0.29) is 30.6 Å². The van der Waals surface area contributed by atoms with Crippen LogP contribution < -0.4 is 20.7 Å². The summed E-state index contributed by atoms with van der Waals surface area (Å²) < 4.78 is 26.9. The maximum atomic E-state index is 15.1. The number of fused-ring (bicyclic) bond motifs is 1. The fourth-order valence-corrected chi connectivity index (χ4v) is 5.58. The van der Waals surface area contributed by atoms with Crippen LogP contribution in [0.25, 0.3) is 20.8 Å². The van der Waals surface area contributed by atoms with Crippen molar-refractivity contribution in [2.24, 2.45) is 0 Å². The van der Waals surface area contributed by atoms with Crippen LogP contribution >= 0.6 is 23.6 Å². The summed E-state index contributed by atoms with van der Waals surface area (Å²) >= 11 is 6.71. The second-order valence-corrected chi connectivity index (χ2v) is 11.0. The Morgan fingerprint density at radius 1 is 1.09 bits per heavy atom. The Morgan fingerprint density at radius 2 is 1.93 bits per heavy atom. The van der Waals surface area contributed by atoms with E-state index < -0.39 is 5.82 Å². The smallest absolute Gasteiger partial charge is 0.230 e. The number of anilines is 1. The molecule has 3 N–H and O–H groups in total. The van der Waals surface area contributed by atoms with Crippen molar-refractivity contribution >= 4 is 50.5 Å². The predicted molar refractivity (Wildman–Crippen MR) is 182 cm³/mol. The lowest BCUT2D eigenvalue weighted by molar-refractivity contribution is -0.119. The molecule has 45 heavy (non-hydrogen) atoms. The summed E-state index contributed by atoms with van der Waals surface area (Å²) in [6.45, 7) is 2.11. The summed E-state index contributed by atoms with van der Waals surface area (Å²) in [5, 5.41) is 8.76. The number of rotatable bonds is 11. The standard InChI is InChI=1S/C33H28FN5O3S2.CH4/c1-3-22-6-4-5-7-23(22)16-31(40)39-33(43)38-24-9-11-28(25(34)17-24)42-29-12-13-36-27-18-30(44-32(27)29)26-10-8-21(20-37-26)19-35-14-15-41-2;/h1,4-13,17-18,20,35H,14-16,19H2,2H3,(H2,38,39,40,43);1H4. The Balaban J connectivity index is 0.00000461. The quantitative estimate of drug-likeness (QED) is 0.0833. The first-order chi connectivity index (χ1) is 21.4. The Labute approximate surface area is 271 Å². The Bertz CT molecular complexity index is 1840. The highest BCUT2D eigenvalue weighted by Gasteiger charge is 2.15. The van der Waals surface area contributed by atoms with Crippen LogP contribution in [0.3, 0.4) is 0 Å². The minimum atomic E-state index is -0.606. The molecule has 0 radical (unpaired) electrons. The van der Waals surface area contributed by atoms with Gasteiger partial charge in [0.05, 0.1) is 33.8 Å².